The molecule has 0 unspecified atom stereocenters. The summed E-state index contributed by atoms with van der Waals surface area (Å²) in [4.78, 5) is 19.7. The van der Waals surface area contributed by atoms with Crippen LogP contribution in [0.3, 0.4) is 0 Å². The highest BCUT2D eigenvalue weighted by Gasteiger charge is 2.56. The van der Waals surface area contributed by atoms with E-state index in [1.807, 2.05) is 9.80 Å². The summed E-state index contributed by atoms with van der Waals surface area (Å²) in [5, 5.41) is 18.5. The molecule has 7 nitrogen and oxygen atoms in total. The van der Waals surface area contributed by atoms with E-state index in [0.29, 0.717) is 24.8 Å². The van der Waals surface area contributed by atoms with Crippen molar-refractivity contribution in [3.8, 4) is 0 Å². The molecule has 1 aromatic heterocycles. The fourth-order valence-corrected chi connectivity index (χ4v) is 5.54. The largest absolute Gasteiger partial charge is 0.393 e. The minimum atomic E-state index is -4.20. The lowest BCUT2D eigenvalue weighted by Gasteiger charge is -2.59. The monoisotopic (exact) mass is 461 g/mol. The Balaban J connectivity index is 0.959. The lowest BCUT2D eigenvalue weighted by molar-refractivity contribution is -0.127. The molecule has 2 aliphatic carbocycles. The maximum absolute atomic E-state index is 12.8. The Hall–Kier alpha value is -2.62. The van der Waals surface area contributed by atoms with Gasteiger partial charge in [-0.05, 0) is 36.8 Å². The standard InChI is InChI=1S/C23H26F3N5O2/c24-23(25,26)7-14-1-3-15(4-2-14)17-10-30(11-17)20(32)31-12-21(13-31)8-16(9-21)18-27-19(29-28-18)22(33)5-6-22/h1-4,16-17,33H,5-13H2,(H,27,28,29). The Morgan fingerprint density at radius 3 is 2.33 bits per heavy atom. The van der Waals surface area contributed by atoms with Gasteiger partial charge < -0.3 is 19.9 Å². The van der Waals surface area contributed by atoms with Gasteiger partial charge in [0.1, 0.15) is 11.4 Å². The van der Waals surface area contributed by atoms with Gasteiger partial charge in [0, 0.05) is 43.4 Å². The molecular weight excluding hydrogens is 435 g/mol. The fourth-order valence-electron chi connectivity index (χ4n) is 5.54. The molecule has 4 fully saturated rings. The van der Waals surface area contributed by atoms with Gasteiger partial charge in [0.25, 0.3) is 0 Å². The van der Waals surface area contributed by atoms with Gasteiger partial charge in [-0.3, -0.25) is 0 Å². The van der Waals surface area contributed by atoms with Gasteiger partial charge >= 0.3 is 12.2 Å². The predicted molar refractivity (Wildman–Crippen MR) is 111 cm³/mol. The molecule has 4 aliphatic rings. The van der Waals surface area contributed by atoms with Crippen LogP contribution in [0.1, 0.15) is 60.3 Å². The number of H-pyrrole nitrogens is 1. The number of halogens is 3. The quantitative estimate of drug-likeness (QED) is 0.732. The van der Waals surface area contributed by atoms with Crippen molar-refractivity contribution in [2.75, 3.05) is 26.2 Å². The van der Waals surface area contributed by atoms with E-state index >= 15 is 0 Å². The van der Waals surface area contributed by atoms with Crippen LogP contribution >= 0.6 is 0 Å². The third-order valence-electron chi connectivity index (χ3n) is 7.74. The van der Waals surface area contributed by atoms with E-state index in [-0.39, 0.29) is 22.9 Å². The van der Waals surface area contributed by atoms with E-state index in [1.54, 1.807) is 12.1 Å². The first kappa shape index (κ1) is 20.9. The van der Waals surface area contributed by atoms with Crippen LogP contribution in [0.25, 0.3) is 0 Å². The summed E-state index contributed by atoms with van der Waals surface area (Å²) < 4.78 is 37.5. The molecule has 1 aromatic carbocycles. The van der Waals surface area contributed by atoms with Crippen molar-refractivity contribution in [3.05, 3.63) is 47.0 Å². The summed E-state index contributed by atoms with van der Waals surface area (Å²) in [6.45, 7) is 2.71. The number of carbonyl (C=O) groups excluding carboxylic acids is 1. The summed E-state index contributed by atoms with van der Waals surface area (Å²) in [5.41, 5.74) is 0.608. The molecule has 2 aliphatic heterocycles. The maximum Gasteiger partial charge on any atom is 0.393 e. The average molecular weight is 461 g/mol. The number of carbonyl (C=O) groups is 1. The van der Waals surface area contributed by atoms with Crippen molar-refractivity contribution in [2.24, 2.45) is 5.41 Å². The summed E-state index contributed by atoms with van der Waals surface area (Å²) >= 11 is 0. The Bertz CT molecular complexity index is 1060. The Labute approximate surface area is 189 Å². The van der Waals surface area contributed by atoms with Gasteiger partial charge in [-0.1, -0.05) is 24.3 Å². The summed E-state index contributed by atoms with van der Waals surface area (Å²) in [6.07, 6.45) is -1.72. The topological polar surface area (TPSA) is 85.3 Å². The molecule has 0 bridgehead atoms. The third-order valence-corrected chi connectivity index (χ3v) is 7.74. The van der Waals surface area contributed by atoms with Crippen LogP contribution in [0.2, 0.25) is 0 Å². The zero-order valence-corrected chi connectivity index (χ0v) is 18.1. The number of aromatic nitrogens is 3. The second-order valence-electron chi connectivity index (χ2n) is 10.5. The number of rotatable bonds is 4. The number of aromatic amines is 1. The molecule has 3 heterocycles. The Morgan fingerprint density at radius 1 is 1.06 bits per heavy atom. The van der Waals surface area contributed by atoms with Crippen LogP contribution in [-0.2, 0) is 12.0 Å². The lowest BCUT2D eigenvalue weighted by atomic mass is 9.57. The van der Waals surface area contributed by atoms with Crippen molar-refractivity contribution in [3.63, 3.8) is 0 Å². The fraction of sp³-hybridized carbons (Fsp3) is 0.609. The van der Waals surface area contributed by atoms with Crippen LogP contribution in [0.4, 0.5) is 18.0 Å². The molecule has 2 saturated carbocycles. The zero-order valence-electron chi connectivity index (χ0n) is 18.1. The Morgan fingerprint density at radius 2 is 1.73 bits per heavy atom. The molecule has 10 heteroatoms. The first-order valence-corrected chi connectivity index (χ1v) is 11.5. The second kappa shape index (κ2) is 6.94. The first-order valence-electron chi connectivity index (χ1n) is 11.5. The minimum absolute atomic E-state index is 0.0481. The van der Waals surface area contributed by atoms with E-state index in [2.05, 4.69) is 15.2 Å². The van der Waals surface area contributed by atoms with E-state index < -0.39 is 18.2 Å². The van der Waals surface area contributed by atoms with Crippen LogP contribution in [0.5, 0.6) is 0 Å². The Kier molecular flexibility index (Phi) is 4.41. The number of amides is 2. The normalized spacial score (nSPS) is 23.8. The van der Waals surface area contributed by atoms with Crippen LogP contribution < -0.4 is 0 Å². The maximum atomic E-state index is 12.8. The highest BCUT2D eigenvalue weighted by atomic mass is 19.4. The van der Waals surface area contributed by atoms with E-state index in [1.165, 1.54) is 12.1 Å². The molecular formula is C23H26F3N5O2. The van der Waals surface area contributed by atoms with Gasteiger partial charge in [-0.15, -0.1) is 10.2 Å². The summed E-state index contributed by atoms with van der Waals surface area (Å²) in [7, 11) is 0. The lowest BCUT2D eigenvalue weighted by Crippen LogP contribution is -2.67. The molecule has 176 valence electrons. The number of aliphatic hydroxyl groups is 1. The van der Waals surface area contributed by atoms with E-state index in [9.17, 15) is 23.1 Å². The predicted octanol–water partition coefficient (Wildman–Crippen LogP) is 3.29. The van der Waals surface area contributed by atoms with Crippen molar-refractivity contribution in [2.45, 2.75) is 55.7 Å². The number of hydrogen-bond acceptors (Lipinski definition) is 4. The van der Waals surface area contributed by atoms with E-state index in [0.717, 1.165) is 50.2 Å². The van der Waals surface area contributed by atoms with Gasteiger partial charge in [0.15, 0.2) is 5.82 Å². The summed E-state index contributed by atoms with van der Waals surface area (Å²) in [6, 6.07) is 6.60. The van der Waals surface area contributed by atoms with Crippen molar-refractivity contribution < 1.29 is 23.1 Å². The van der Waals surface area contributed by atoms with Gasteiger partial charge in [0.2, 0.25) is 0 Å². The number of nitrogens with one attached hydrogen (secondary N) is 1. The minimum Gasteiger partial charge on any atom is -0.382 e. The second-order valence-corrected chi connectivity index (χ2v) is 10.5. The van der Waals surface area contributed by atoms with Gasteiger partial charge in [-0.25, -0.2) is 4.79 Å². The number of alkyl halides is 3. The van der Waals surface area contributed by atoms with Crippen molar-refractivity contribution >= 4 is 6.03 Å². The van der Waals surface area contributed by atoms with Gasteiger partial charge in [0.05, 0.1) is 6.42 Å². The zero-order chi connectivity index (χ0) is 23.0. The van der Waals surface area contributed by atoms with Crippen molar-refractivity contribution in [1.29, 1.82) is 0 Å². The van der Waals surface area contributed by atoms with Crippen molar-refractivity contribution in [1.82, 2.24) is 25.0 Å². The molecule has 0 radical (unpaired) electrons. The summed E-state index contributed by atoms with van der Waals surface area (Å²) in [5.74, 6) is 1.90. The van der Waals surface area contributed by atoms with Crippen LogP contribution in [-0.4, -0.2) is 68.5 Å². The number of nitrogens with zero attached hydrogens (tertiary/aromatic N) is 4. The SMILES string of the molecule is O=C(N1CC(c2ccc(CC(F)(F)F)cc2)C1)N1CC2(CC(c3nnc(C4(O)CC4)[nH]3)C2)C1. The van der Waals surface area contributed by atoms with E-state index in [4.69, 9.17) is 0 Å². The molecule has 2 N–H and O–H groups in total. The highest BCUT2D eigenvalue weighted by Crippen LogP contribution is 2.56. The number of likely N-dealkylation sites (tertiary alicyclic amines) is 2. The molecule has 6 rings (SSSR count). The third kappa shape index (κ3) is 3.78. The molecule has 33 heavy (non-hydrogen) atoms. The molecule has 2 amide bonds. The molecule has 2 saturated heterocycles. The number of benzene rings is 1. The van der Waals surface area contributed by atoms with Crippen LogP contribution in [0.15, 0.2) is 24.3 Å². The molecule has 2 aromatic rings. The smallest absolute Gasteiger partial charge is 0.382 e. The van der Waals surface area contributed by atoms with Crippen LogP contribution in [0, 0.1) is 5.41 Å². The van der Waals surface area contributed by atoms with Gasteiger partial charge in [-0.2, -0.15) is 13.2 Å². The number of urea groups is 1. The number of hydrogen-bond donors (Lipinski definition) is 2. The molecule has 1 spiro atoms. The molecule has 0 atom stereocenters. The average Bonchev–Trinajstić information content (AvgIpc) is 3.20. The highest BCUT2D eigenvalue weighted by molar-refractivity contribution is 5.77. The first-order chi connectivity index (χ1) is 15.6.